The summed E-state index contributed by atoms with van der Waals surface area (Å²) >= 11 is 6.39. The standard InChI is InChI=1S/C32H41ClN2O7S/c1-20(17-43(34,38)39)42-25-10-12-40-30(15-25)26-7-4-23(26)16-35-18-32(11-2-3-21-13-24(33)6-8-27(21)32)19-41-29-9-5-22(31(36)37)14-28(29)35/h5-6,8-9,13-14,20,23,25-26,30H,2-4,7,10-12,15-19H2,1H3,(H,36,37)(H2,34,38,39)/t20-,23-,25+,26+,30+,32-/m0/s1. The highest BCUT2D eigenvalue weighted by molar-refractivity contribution is 7.89. The zero-order valence-electron chi connectivity index (χ0n) is 24.5. The zero-order valence-corrected chi connectivity index (χ0v) is 26.1. The number of ether oxygens (including phenoxy) is 3. The van der Waals surface area contributed by atoms with Crippen LogP contribution in [0.5, 0.6) is 5.75 Å². The molecule has 2 fully saturated rings. The fourth-order valence-electron chi connectivity index (χ4n) is 7.75. The summed E-state index contributed by atoms with van der Waals surface area (Å²) < 4.78 is 41.9. The molecular formula is C32H41ClN2O7S. The van der Waals surface area contributed by atoms with Gasteiger partial charge in [0.25, 0.3) is 0 Å². The summed E-state index contributed by atoms with van der Waals surface area (Å²) in [5.74, 6) is 0.246. The second kappa shape index (κ2) is 12.2. The van der Waals surface area contributed by atoms with E-state index in [-0.39, 0.29) is 28.9 Å². The molecule has 3 N–H and O–H groups in total. The van der Waals surface area contributed by atoms with Gasteiger partial charge in [-0.3, -0.25) is 0 Å². The van der Waals surface area contributed by atoms with Gasteiger partial charge >= 0.3 is 5.97 Å². The normalized spacial score (nSPS) is 29.5. The number of aromatic carboxylic acids is 1. The quantitative estimate of drug-likeness (QED) is 0.426. The monoisotopic (exact) mass is 632 g/mol. The number of carboxylic acids is 1. The van der Waals surface area contributed by atoms with Crippen LogP contribution in [0, 0.1) is 11.8 Å². The third kappa shape index (κ3) is 6.68. The number of aryl methyl sites for hydroxylation is 1. The van der Waals surface area contributed by atoms with E-state index in [0.717, 1.165) is 68.7 Å². The Morgan fingerprint density at radius 2 is 2.07 bits per heavy atom. The number of fused-ring (bicyclic) bond motifs is 3. The number of halogens is 1. The van der Waals surface area contributed by atoms with E-state index in [0.29, 0.717) is 30.8 Å². The molecule has 234 valence electrons. The number of rotatable bonds is 8. The average Bonchev–Trinajstić information content (AvgIpc) is 3.07. The lowest BCUT2D eigenvalue weighted by molar-refractivity contribution is -0.126. The lowest BCUT2D eigenvalue weighted by atomic mass is 9.67. The van der Waals surface area contributed by atoms with Crippen LogP contribution in [0.2, 0.25) is 5.02 Å². The molecule has 0 unspecified atom stereocenters. The first-order valence-electron chi connectivity index (χ1n) is 15.3. The molecule has 1 saturated heterocycles. The van der Waals surface area contributed by atoms with E-state index in [9.17, 15) is 18.3 Å². The van der Waals surface area contributed by atoms with Crippen LogP contribution >= 0.6 is 11.6 Å². The van der Waals surface area contributed by atoms with Crippen molar-refractivity contribution in [1.29, 1.82) is 0 Å². The first-order valence-corrected chi connectivity index (χ1v) is 17.4. The molecule has 1 saturated carbocycles. The van der Waals surface area contributed by atoms with Crippen LogP contribution in [-0.2, 0) is 31.3 Å². The van der Waals surface area contributed by atoms with Crippen LogP contribution in [-0.4, -0.2) is 69.9 Å². The van der Waals surface area contributed by atoms with Crippen LogP contribution in [0.4, 0.5) is 5.69 Å². The van der Waals surface area contributed by atoms with Crippen molar-refractivity contribution in [3.63, 3.8) is 0 Å². The SMILES string of the molecule is C[C@@H](CS(N)(=O)=O)O[C@@H]1CCO[C@@H]([C@@H]2CC[C@H]2CN2C[C@@]3(CCCc4cc(Cl)ccc43)COc3ccc(C(=O)O)cc32)C1. The van der Waals surface area contributed by atoms with Gasteiger partial charge in [-0.2, -0.15) is 0 Å². The molecule has 11 heteroatoms. The molecule has 0 aromatic heterocycles. The van der Waals surface area contributed by atoms with E-state index >= 15 is 0 Å². The second-order valence-corrected chi connectivity index (χ2v) is 15.0. The van der Waals surface area contributed by atoms with Gasteiger partial charge in [0.15, 0.2) is 0 Å². The second-order valence-electron chi connectivity index (χ2n) is 12.9. The molecule has 1 spiro atoms. The number of hydrogen-bond donors (Lipinski definition) is 2. The Labute approximate surface area is 258 Å². The molecule has 0 radical (unpaired) electrons. The van der Waals surface area contributed by atoms with Crippen molar-refractivity contribution < 1.29 is 32.5 Å². The first kappa shape index (κ1) is 30.6. The number of nitrogens with two attached hydrogens (primary N) is 1. The maximum Gasteiger partial charge on any atom is 0.335 e. The average molecular weight is 633 g/mol. The predicted molar refractivity (Wildman–Crippen MR) is 165 cm³/mol. The maximum absolute atomic E-state index is 12.0. The van der Waals surface area contributed by atoms with Crippen molar-refractivity contribution in [2.24, 2.45) is 17.0 Å². The summed E-state index contributed by atoms with van der Waals surface area (Å²) in [4.78, 5) is 14.3. The Bertz CT molecular complexity index is 1470. The number of sulfonamides is 1. The van der Waals surface area contributed by atoms with Gasteiger partial charge in [-0.1, -0.05) is 17.7 Å². The topological polar surface area (TPSA) is 128 Å². The minimum Gasteiger partial charge on any atom is -0.490 e. The van der Waals surface area contributed by atoms with Gasteiger partial charge in [0.2, 0.25) is 10.0 Å². The first-order chi connectivity index (χ1) is 20.5. The van der Waals surface area contributed by atoms with Crippen LogP contribution in [0.1, 0.15) is 66.9 Å². The molecule has 2 aliphatic heterocycles. The van der Waals surface area contributed by atoms with E-state index in [1.54, 1.807) is 25.1 Å². The molecule has 9 nitrogen and oxygen atoms in total. The van der Waals surface area contributed by atoms with Crippen molar-refractivity contribution in [2.75, 3.05) is 37.0 Å². The van der Waals surface area contributed by atoms with Crippen LogP contribution < -0.4 is 14.8 Å². The minimum absolute atomic E-state index is 0.0266. The maximum atomic E-state index is 12.0. The van der Waals surface area contributed by atoms with E-state index < -0.39 is 22.1 Å². The van der Waals surface area contributed by atoms with Crippen LogP contribution in [0.15, 0.2) is 36.4 Å². The number of primary sulfonamides is 1. The highest BCUT2D eigenvalue weighted by Crippen LogP contribution is 2.47. The molecule has 2 aromatic rings. The van der Waals surface area contributed by atoms with Crippen molar-refractivity contribution in [3.8, 4) is 5.75 Å². The molecule has 2 aromatic carbocycles. The lowest BCUT2D eigenvalue weighted by Crippen LogP contribution is -2.51. The van der Waals surface area contributed by atoms with Crippen molar-refractivity contribution in [1.82, 2.24) is 0 Å². The molecule has 0 amide bonds. The molecule has 6 atom stereocenters. The Morgan fingerprint density at radius 1 is 1.23 bits per heavy atom. The fourth-order valence-corrected chi connectivity index (χ4v) is 8.68. The van der Waals surface area contributed by atoms with E-state index in [1.165, 1.54) is 11.1 Å². The smallest absolute Gasteiger partial charge is 0.335 e. The Kier molecular flexibility index (Phi) is 8.69. The number of carboxylic acid groups (broad SMARTS) is 1. The van der Waals surface area contributed by atoms with Gasteiger partial charge in [-0.05, 0) is 98.7 Å². The van der Waals surface area contributed by atoms with Crippen molar-refractivity contribution >= 4 is 33.3 Å². The Balaban J connectivity index is 1.24. The summed E-state index contributed by atoms with van der Waals surface area (Å²) in [6.45, 7) is 4.34. The summed E-state index contributed by atoms with van der Waals surface area (Å²) in [7, 11) is -3.61. The summed E-state index contributed by atoms with van der Waals surface area (Å²) in [5.41, 5.74) is 3.37. The predicted octanol–water partition coefficient (Wildman–Crippen LogP) is 4.78. The van der Waals surface area contributed by atoms with Gasteiger partial charge in [0.05, 0.1) is 41.9 Å². The lowest BCUT2D eigenvalue weighted by Gasteiger charge is -2.48. The largest absolute Gasteiger partial charge is 0.490 e. The molecule has 0 bridgehead atoms. The third-order valence-electron chi connectivity index (χ3n) is 9.85. The highest BCUT2D eigenvalue weighted by atomic mass is 35.5. The number of nitrogens with zero attached hydrogens (tertiary/aromatic N) is 1. The van der Waals surface area contributed by atoms with E-state index in [2.05, 4.69) is 17.0 Å². The van der Waals surface area contributed by atoms with Gasteiger partial charge in [-0.15, -0.1) is 0 Å². The molecule has 4 aliphatic rings. The number of carbonyl (C=O) groups is 1. The van der Waals surface area contributed by atoms with Crippen molar-refractivity contribution in [3.05, 3.63) is 58.1 Å². The molecule has 6 rings (SSSR count). The number of hydrogen-bond acceptors (Lipinski definition) is 7. The third-order valence-corrected chi connectivity index (χ3v) is 11.0. The zero-order chi connectivity index (χ0) is 30.4. The van der Waals surface area contributed by atoms with Crippen LogP contribution in [0.25, 0.3) is 0 Å². The molecular weight excluding hydrogens is 592 g/mol. The highest BCUT2D eigenvalue weighted by Gasteiger charge is 2.45. The van der Waals surface area contributed by atoms with Crippen molar-refractivity contribution in [2.45, 2.75) is 75.6 Å². The molecule has 43 heavy (non-hydrogen) atoms. The van der Waals surface area contributed by atoms with Gasteiger partial charge in [0.1, 0.15) is 5.75 Å². The summed E-state index contributed by atoms with van der Waals surface area (Å²) in [6.07, 6.45) is 6.03. The molecule has 2 aliphatic carbocycles. The summed E-state index contributed by atoms with van der Waals surface area (Å²) in [6, 6.07) is 11.4. The molecule has 2 heterocycles. The fraction of sp³-hybridized carbons (Fsp3) is 0.594. The number of benzene rings is 2. The van der Waals surface area contributed by atoms with Gasteiger partial charge < -0.3 is 24.2 Å². The Morgan fingerprint density at radius 3 is 2.81 bits per heavy atom. The number of anilines is 1. The minimum atomic E-state index is -3.61. The summed E-state index contributed by atoms with van der Waals surface area (Å²) in [5, 5.41) is 15.8. The van der Waals surface area contributed by atoms with E-state index in [4.69, 9.17) is 31.0 Å². The van der Waals surface area contributed by atoms with E-state index in [1.807, 2.05) is 6.07 Å². The van der Waals surface area contributed by atoms with Gasteiger partial charge in [0, 0.05) is 36.6 Å². The van der Waals surface area contributed by atoms with Crippen LogP contribution in [0.3, 0.4) is 0 Å². The Hall–Kier alpha value is -2.37. The van der Waals surface area contributed by atoms with Gasteiger partial charge in [-0.25, -0.2) is 18.4 Å².